The predicted molar refractivity (Wildman–Crippen MR) is 171 cm³/mol. The summed E-state index contributed by atoms with van der Waals surface area (Å²) in [6.07, 6.45) is 0. The van der Waals surface area contributed by atoms with Crippen molar-refractivity contribution < 1.29 is 14.2 Å². The number of nitro benzene ring substituents is 2. The molecule has 12 heteroatoms. The molecule has 2 saturated heterocycles. The number of piperazine rings is 2. The highest BCUT2D eigenvalue weighted by molar-refractivity contribution is 5.60. The lowest BCUT2D eigenvalue weighted by Crippen LogP contribution is -2.44. The van der Waals surface area contributed by atoms with Crippen LogP contribution in [-0.2, 0) is 0 Å². The van der Waals surface area contributed by atoms with Gasteiger partial charge in [-0.1, -0.05) is 12.1 Å². The topological polar surface area (TPSA) is 125 Å². The Morgan fingerprint density at radius 1 is 0.628 bits per heavy atom. The average Bonchev–Trinajstić information content (AvgIpc) is 2.97. The van der Waals surface area contributed by atoms with Gasteiger partial charge < -0.3 is 25.3 Å². The number of hydrogen-bond donors (Lipinski definition) is 1. The van der Waals surface area contributed by atoms with E-state index in [4.69, 9.17) is 5.73 Å². The van der Waals surface area contributed by atoms with E-state index in [-0.39, 0.29) is 16.3 Å². The fraction of sp³-hybridized carbons (Fsp3) is 0.419. The molecule has 0 spiro atoms. The third-order valence-corrected chi connectivity index (χ3v) is 7.76. The van der Waals surface area contributed by atoms with Gasteiger partial charge in [-0.2, -0.15) is 0 Å². The van der Waals surface area contributed by atoms with Crippen LogP contribution in [0.3, 0.4) is 0 Å². The highest BCUT2D eigenvalue weighted by atomic mass is 19.1. The monoisotopic (exact) mass is 595 g/mol. The fourth-order valence-electron chi connectivity index (χ4n) is 4.72. The molecule has 3 aromatic carbocycles. The van der Waals surface area contributed by atoms with Crippen molar-refractivity contribution in [3.63, 3.8) is 0 Å². The zero-order valence-electron chi connectivity index (χ0n) is 25.6. The van der Waals surface area contributed by atoms with Crippen LogP contribution in [0.25, 0.3) is 0 Å². The summed E-state index contributed by atoms with van der Waals surface area (Å²) in [5, 5.41) is 21.1. The maximum atomic E-state index is 12.4. The van der Waals surface area contributed by atoms with Gasteiger partial charge in [-0.05, 0) is 70.8 Å². The summed E-state index contributed by atoms with van der Waals surface area (Å²) < 4.78 is 12.4. The van der Waals surface area contributed by atoms with Crippen molar-refractivity contribution in [2.24, 2.45) is 0 Å². The molecule has 0 aliphatic carbocycles. The van der Waals surface area contributed by atoms with Crippen LogP contribution in [0.15, 0.2) is 54.6 Å². The van der Waals surface area contributed by atoms with E-state index in [9.17, 15) is 24.6 Å². The summed E-state index contributed by atoms with van der Waals surface area (Å²) >= 11 is 0. The molecule has 0 saturated carbocycles. The van der Waals surface area contributed by atoms with Crippen LogP contribution >= 0.6 is 0 Å². The maximum Gasteiger partial charge on any atom is 0.275 e. The third-order valence-electron chi connectivity index (χ3n) is 7.76. The third kappa shape index (κ3) is 9.62. The van der Waals surface area contributed by atoms with Gasteiger partial charge in [0.25, 0.3) is 11.4 Å². The number of nitrogen functional groups attached to an aromatic ring is 1. The van der Waals surface area contributed by atoms with E-state index in [2.05, 4.69) is 51.9 Å². The van der Waals surface area contributed by atoms with Crippen molar-refractivity contribution in [1.82, 2.24) is 9.80 Å². The van der Waals surface area contributed by atoms with Crippen LogP contribution in [0, 0.1) is 46.8 Å². The van der Waals surface area contributed by atoms with Crippen molar-refractivity contribution in [1.29, 1.82) is 0 Å². The number of nitro groups is 2. The van der Waals surface area contributed by atoms with Crippen molar-refractivity contribution in [3.05, 3.63) is 97.3 Å². The fourth-order valence-corrected chi connectivity index (χ4v) is 4.72. The molecule has 2 aliphatic rings. The van der Waals surface area contributed by atoms with Crippen molar-refractivity contribution in [2.45, 2.75) is 20.8 Å². The van der Waals surface area contributed by atoms with Crippen molar-refractivity contribution in [2.75, 3.05) is 82.0 Å². The molecule has 2 N–H and O–H groups in total. The molecule has 232 valence electrons. The summed E-state index contributed by atoms with van der Waals surface area (Å²) in [5.74, 6) is -0.581. The minimum absolute atomic E-state index is 0.176. The number of benzene rings is 3. The highest BCUT2D eigenvalue weighted by Crippen LogP contribution is 2.26. The number of nitrogens with two attached hydrogens (primary N) is 1. The molecule has 0 radical (unpaired) electrons. The first-order valence-electron chi connectivity index (χ1n) is 14.2. The normalized spacial score (nSPS) is 15.6. The van der Waals surface area contributed by atoms with E-state index in [0.717, 1.165) is 75.4 Å². The molecule has 0 unspecified atom stereocenters. The lowest BCUT2D eigenvalue weighted by Gasteiger charge is -2.34. The Morgan fingerprint density at radius 2 is 1.02 bits per heavy atom. The number of rotatable bonds is 4. The number of anilines is 3. The van der Waals surface area contributed by atoms with Gasteiger partial charge in [0.2, 0.25) is 0 Å². The van der Waals surface area contributed by atoms with Gasteiger partial charge in [-0.3, -0.25) is 20.2 Å². The summed E-state index contributed by atoms with van der Waals surface area (Å²) in [4.78, 5) is 29.4. The molecule has 2 aliphatic heterocycles. The van der Waals surface area contributed by atoms with E-state index in [1.54, 1.807) is 19.9 Å². The van der Waals surface area contributed by atoms with Crippen LogP contribution in [0.5, 0.6) is 0 Å². The molecule has 3 aromatic rings. The Labute approximate surface area is 252 Å². The van der Waals surface area contributed by atoms with Gasteiger partial charge in [0.1, 0.15) is 5.82 Å². The Kier molecular flexibility index (Phi) is 11.8. The van der Waals surface area contributed by atoms with E-state index < -0.39 is 10.7 Å². The first-order chi connectivity index (χ1) is 20.3. The molecule has 2 fully saturated rings. The van der Waals surface area contributed by atoms with Gasteiger partial charge in [0.05, 0.1) is 15.9 Å². The summed E-state index contributed by atoms with van der Waals surface area (Å²) in [7, 11) is 4.26. The molecule has 2 heterocycles. The second-order valence-corrected chi connectivity index (χ2v) is 11.0. The van der Waals surface area contributed by atoms with Gasteiger partial charge in [-0.25, -0.2) is 4.39 Å². The summed E-state index contributed by atoms with van der Waals surface area (Å²) in [6.45, 7) is 13.7. The van der Waals surface area contributed by atoms with E-state index in [1.807, 2.05) is 19.1 Å². The molecule has 0 atom stereocenters. The van der Waals surface area contributed by atoms with E-state index >= 15 is 0 Å². The zero-order chi connectivity index (χ0) is 31.7. The minimum atomic E-state index is -0.599. The standard InChI is InChI=1S/C12H17N3O2.C12H19N3.C7H6FNO2/c1-10-3-4-11(9-12(10)15(16)17)14-7-5-13(2)6-8-14;1-10-3-4-11(9-12(10)13)15-7-5-14(2)6-8-15;1-5-2-3-6(8)4-7(5)9(10)11/h3-4,9H,5-8H2,1-2H3;3-4,9H,5-8,13H2,1-2H3;2-4H,1H3. The van der Waals surface area contributed by atoms with E-state index in [1.165, 1.54) is 17.8 Å². The second kappa shape index (κ2) is 15.3. The quantitative estimate of drug-likeness (QED) is 0.251. The maximum absolute atomic E-state index is 12.4. The van der Waals surface area contributed by atoms with E-state index in [0.29, 0.717) is 11.1 Å². The van der Waals surface area contributed by atoms with Gasteiger partial charge in [0.15, 0.2) is 0 Å². The first kappa shape index (κ1) is 33.2. The first-order valence-corrected chi connectivity index (χ1v) is 14.2. The number of hydrogen-bond acceptors (Lipinski definition) is 9. The summed E-state index contributed by atoms with van der Waals surface area (Å²) in [6, 6.07) is 15.3. The smallest absolute Gasteiger partial charge is 0.275 e. The second-order valence-electron chi connectivity index (χ2n) is 11.0. The molecule has 11 nitrogen and oxygen atoms in total. The predicted octanol–water partition coefficient (Wildman–Crippen LogP) is 5.03. The molecular weight excluding hydrogens is 553 g/mol. The molecule has 43 heavy (non-hydrogen) atoms. The molecule has 0 bridgehead atoms. The Hall–Kier alpha value is -4.29. The Bertz CT molecular complexity index is 1400. The number of likely N-dealkylation sites (N-methyl/N-ethyl adjacent to an activating group) is 2. The van der Waals surface area contributed by atoms with Crippen LogP contribution in [-0.4, -0.2) is 86.1 Å². The lowest BCUT2D eigenvalue weighted by molar-refractivity contribution is -0.385. The summed E-state index contributed by atoms with van der Waals surface area (Å²) in [5.41, 5.74) is 11.4. The van der Waals surface area contributed by atoms with Gasteiger partial charge >= 0.3 is 0 Å². The van der Waals surface area contributed by atoms with Gasteiger partial charge in [0, 0.05) is 86.6 Å². The van der Waals surface area contributed by atoms with Gasteiger partial charge in [-0.15, -0.1) is 0 Å². The molecule has 5 rings (SSSR count). The minimum Gasteiger partial charge on any atom is -0.398 e. The SMILES string of the molecule is Cc1ccc(F)cc1[N+](=O)[O-].Cc1ccc(N2CCN(C)CC2)cc1N.Cc1ccc(N2CCN(C)CC2)cc1[N+](=O)[O-]. The highest BCUT2D eigenvalue weighted by Gasteiger charge is 2.18. The lowest BCUT2D eigenvalue weighted by atomic mass is 10.1. The van der Waals surface area contributed by atoms with Crippen LogP contribution < -0.4 is 15.5 Å². The van der Waals surface area contributed by atoms with Crippen molar-refractivity contribution in [3.8, 4) is 0 Å². The van der Waals surface area contributed by atoms with Crippen LogP contribution in [0.1, 0.15) is 16.7 Å². The Balaban J connectivity index is 0.000000181. The zero-order valence-corrected chi connectivity index (χ0v) is 25.6. The molecule has 0 amide bonds. The molecular formula is C31H42FN7O4. The largest absolute Gasteiger partial charge is 0.398 e. The number of halogens is 1. The average molecular weight is 596 g/mol. The molecule has 0 aromatic heterocycles. The van der Waals surface area contributed by atoms with Crippen molar-refractivity contribution >= 4 is 28.4 Å². The Morgan fingerprint density at radius 3 is 1.44 bits per heavy atom. The van der Waals surface area contributed by atoms with Crippen LogP contribution in [0.2, 0.25) is 0 Å². The number of aryl methyl sites for hydroxylation is 3. The van der Waals surface area contributed by atoms with Crippen LogP contribution in [0.4, 0.5) is 32.8 Å². The number of nitrogens with zero attached hydrogens (tertiary/aromatic N) is 6.